The lowest BCUT2D eigenvalue weighted by Crippen LogP contribution is -2.08. The quantitative estimate of drug-likeness (QED) is 0.473. The molecule has 1 heterocycles. The van der Waals surface area contributed by atoms with Crippen molar-refractivity contribution < 1.29 is 28.4 Å². The van der Waals surface area contributed by atoms with Gasteiger partial charge in [0, 0.05) is 12.1 Å². The van der Waals surface area contributed by atoms with Gasteiger partial charge in [0.2, 0.25) is 0 Å². The van der Waals surface area contributed by atoms with Crippen molar-refractivity contribution in [2.75, 3.05) is 7.11 Å². The molecule has 0 atom stereocenters. The first-order valence-corrected chi connectivity index (χ1v) is 6.09. The molecule has 0 aliphatic heterocycles. The van der Waals surface area contributed by atoms with Crippen LogP contribution in [0.3, 0.4) is 0 Å². The van der Waals surface area contributed by atoms with Crippen LogP contribution in [-0.4, -0.2) is 24.0 Å². The highest BCUT2D eigenvalue weighted by molar-refractivity contribution is 5.91. The van der Waals surface area contributed by atoms with E-state index in [0.717, 1.165) is 6.07 Å². The number of non-ortho nitro benzene ring substituents is 1. The van der Waals surface area contributed by atoms with Crippen molar-refractivity contribution in [1.29, 1.82) is 0 Å². The summed E-state index contributed by atoms with van der Waals surface area (Å²) in [5.74, 6) is -1.25. The van der Waals surface area contributed by atoms with Gasteiger partial charge in [0.1, 0.15) is 5.56 Å². The van der Waals surface area contributed by atoms with Crippen molar-refractivity contribution in [1.82, 2.24) is 0 Å². The van der Waals surface area contributed by atoms with Gasteiger partial charge in [-0.25, -0.2) is 9.59 Å². The average molecular weight is 305 g/mol. The van der Waals surface area contributed by atoms with Gasteiger partial charge in [-0.2, -0.15) is 0 Å². The second-order valence-electron chi connectivity index (χ2n) is 4.13. The predicted octanol–water partition coefficient (Wildman–Crippen LogP) is 2.33. The molecule has 1 aromatic heterocycles. The number of methoxy groups -OCH3 is 1. The third kappa shape index (κ3) is 3.29. The molecule has 2 rings (SSSR count). The molecular weight excluding hydrogens is 294 g/mol. The van der Waals surface area contributed by atoms with Crippen LogP contribution < -0.4 is 0 Å². The van der Waals surface area contributed by atoms with Gasteiger partial charge in [-0.3, -0.25) is 10.1 Å². The molecule has 0 bridgehead atoms. The van der Waals surface area contributed by atoms with Gasteiger partial charge in [-0.05, 0) is 12.1 Å². The summed E-state index contributed by atoms with van der Waals surface area (Å²) in [4.78, 5) is 33.3. The van der Waals surface area contributed by atoms with Crippen LogP contribution in [0.5, 0.6) is 0 Å². The molecule has 0 saturated carbocycles. The van der Waals surface area contributed by atoms with E-state index < -0.39 is 16.9 Å². The van der Waals surface area contributed by atoms with Crippen molar-refractivity contribution >= 4 is 17.6 Å². The fourth-order valence-corrected chi connectivity index (χ4v) is 1.71. The summed E-state index contributed by atoms with van der Waals surface area (Å²) in [5.41, 5.74) is -0.0441. The Hall–Kier alpha value is -3.16. The zero-order valence-corrected chi connectivity index (χ0v) is 11.5. The number of esters is 2. The Morgan fingerprint density at radius 3 is 2.73 bits per heavy atom. The number of ether oxygens (including phenoxy) is 2. The molecule has 0 saturated heterocycles. The maximum atomic E-state index is 11.9. The van der Waals surface area contributed by atoms with E-state index in [9.17, 15) is 19.7 Å². The van der Waals surface area contributed by atoms with E-state index in [4.69, 9.17) is 9.15 Å². The lowest BCUT2D eigenvalue weighted by molar-refractivity contribution is -0.384. The Bertz CT molecular complexity index is 719. The number of nitro groups is 1. The first-order chi connectivity index (χ1) is 10.5. The van der Waals surface area contributed by atoms with E-state index >= 15 is 0 Å². The average Bonchev–Trinajstić information content (AvgIpc) is 3.00. The molecule has 0 radical (unpaired) electrons. The largest absolute Gasteiger partial charge is 0.465 e. The Morgan fingerprint density at radius 1 is 1.27 bits per heavy atom. The first kappa shape index (κ1) is 15.2. The van der Waals surface area contributed by atoms with Crippen molar-refractivity contribution in [2.24, 2.45) is 0 Å². The van der Waals surface area contributed by atoms with Crippen molar-refractivity contribution in [3.63, 3.8) is 0 Å². The SMILES string of the molecule is COC(=O)c1ccoc1COC(=O)c1cccc([N+](=O)[O-])c1. The summed E-state index contributed by atoms with van der Waals surface area (Å²) in [6.45, 7) is -0.293. The van der Waals surface area contributed by atoms with E-state index in [0.29, 0.717) is 0 Å². The van der Waals surface area contributed by atoms with Gasteiger partial charge in [0.05, 0.1) is 23.9 Å². The molecule has 114 valence electrons. The number of hydrogen-bond acceptors (Lipinski definition) is 7. The zero-order valence-electron chi connectivity index (χ0n) is 11.5. The Balaban J connectivity index is 2.07. The van der Waals surface area contributed by atoms with Crippen LogP contribution >= 0.6 is 0 Å². The molecule has 8 nitrogen and oxygen atoms in total. The maximum absolute atomic E-state index is 11.9. The van der Waals surface area contributed by atoms with Crippen LogP contribution in [0.1, 0.15) is 26.5 Å². The highest BCUT2D eigenvalue weighted by Crippen LogP contribution is 2.16. The highest BCUT2D eigenvalue weighted by Gasteiger charge is 2.18. The topological polar surface area (TPSA) is 109 Å². The number of nitro benzene ring substituents is 1. The van der Waals surface area contributed by atoms with E-state index in [-0.39, 0.29) is 29.2 Å². The summed E-state index contributed by atoms with van der Waals surface area (Å²) < 4.78 is 14.6. The second kappa shape index (κ2) is 6.53. The fraction of sp³-hybridized carbons (Fsp3) is 0.143. The highest BCUT2D eigenvalue weighted by atomic mass is 16.6. The number of carbonyl (C=O) groups excluding carboxylic acids is 2. The van der Waals surface area contributed by atoms with Gasteiger partial charge in [-0.1, -0.05) is 6.07 Å². The molecule has 0 aliphatic carbocycles. The molecular formula is C14H11NO7. The fourth-order valence-electron chi connectivity index (χ4n) is 1.71. The Labute approximate surface area is 124 Å². The summed E-state index contributed by atoms with van der Waals surface area (Å²) in [6, 6.07) is 6.52. The lowest BCUT2D eigenvalue weighted by Gasteiger charge is -2.04. The smallest absolute Gasteiger partial charge is 0.341 e. The zero-order chi connectivity index (χ0) is 16.1. The van der Waals surface area contributed by atoms with Crippen molar-refractivity contribution in [3.8, 4) is 0 Å². The summed E-state index contributed by atoms with van der Waals surface area (Å²) >= 11 is 0. The van der Waals surface area contributed by atoms with Crippen molar-refractivity contribution in [3.05, 3.63) is 63.6 Å². The molecule has 0 unspecified atom stereocenters. The summed E-state index contributed by atoms with van der Waals surface area (Å²) in [5, 5.41) is 10.7. The van der Waals surface area contributed by atoms with Gasteiger partial charge in [0.25, 0.3) is 5.69 Å². The monoisotopic (exact) mass is 305 g/mol. The van der Waals surface area contributed by atoms with Gasteiger partial charge in [0.15, 0.2) is 12.4 Å². The second-order valence-corrected chi connectivity index (χ2v) is 4.13. The van der Waals surface area contributed by atoms with Crippen LogP contribution in [0.15, 0.2) is 41.0 Å². The predicted molar refractivity (Wildman–Crippen MR) is 72.3 cm³/mol. The summed E-state index contributed by atoms with van der Waals surface area (Å²) in [7, 11) is 1.22. The minimum Gasteiger partial charge on any atom is -0.465 e. The number of nitrogens with zero attached hydrogens (tertiary/aromatic N) is 1. The van der Waals surface area contributed by atoms with E-state index in [1.807, 2.05) is 0 Å². The normalized spacial score (nSPS) is 10.0. The van der Waals surface area contributed by atoms with Crippen LogP contribution in [0.25, 0.3) is 0 Å². The van der Waals surface area contributed by atoms with Gasteiger partial charge in [-0.15, -0.1) is 0 Å². The molecule has 8 heteroatoms. The van der Waals surface area contributed by atoms with Crippen LogP contribution in [0.4, 0.5) is 5.69 Å². The molecule has 0 spiro atoms. The number of benzene rings is 1. The molecule has 2 aromatic rings. The third-order valence-electron chi connectivity index (χ3n) is 2.78. The molecule has 0 aliphatic rings. The van der Waals surface area contributed by atoms with Gasteiger partial charge < -0.3 is 13.9 Å². The molecule has 0 fully saturated rings. The number of carbonyl (C=O) groups is 2. The molecule has 0 amide bonds. The number of furan rings is 1. The third-order valence-corrected chi connectivity index (χ3v) is 2.78. The minimum atomic E-state index is -0.768. The van der Waals surface area contributed by atoms with E-state index in [1.165, 1.54) is 37.6 Å². The van der Waals surface area contributed by atoms with E-state index in [1.54, 1.807) is 0 Å². The Morgan fingerprint density at radius 2 is 2.05 bits per heavy atom. The van der Waals surface area contributed by atoms with Crippen molar-refractivity contribution in [2.45, 2.75) is 6.61 Å². The first-order valence-electron chi connectivity index (χ1n) is 6.09. The van der Waals surface area contributed by atoms with Gasteiger partial charge >= 0.3 is 11.9 Å². The van der Waals surface area contributed by atoms with Crippen LogP contribution in [0.2, 0.25) is 0 Å². The molecule has 0 N–H and O–H groups in total. The minimum absolute atomic E-state index is 0.0281. The number of rotatable bonds is 5. The van der Waals surface area contributed by atoms with Crippen LogP contribution in [-0.2, 0) is 16.1 Å². The molecule has 1 aromatic carbocycles. The lowest BCUT2D eigenvalue weighted by atomic mass is 10.2. The number of hydrogen-bond donors (Lipinski definition) is 0. The van der Waals surface area contributed by atoms with Crippen LogP contribution in [0, 0.1) is 10.1 Å². The van der Waals surface area contributed by atoms with E-state index in [2.05, 4.69) is 4.74 Å². The summed E-state index contributed by atoms with van der Waals surface area (Å²) in [6.07, 6.45) is 1.27. The molecule has 22 heavy (non-hydrogen) atoms. The maximum Gasteiger partial charge on any atom is 0.341 e. The Kier molecular flexibility index (Phi) is 4.52. The standard InChI is InChI=1S/C14H11NO7/c1-20-14(17)11-5-6-21-12(11)8-22-13(16)9-3-2-4-10(7-9)15(18)19/h2-7H,8H2,1H3.